The fraction of sp³-hybridized carbons (Fsp3) is 0.115. The fourth-order valence-electron chi connectivity index (χ4n) is 3.63. The van der Waals surface area contributed by atoms with Crippen LogP contribution in [0.2, 0.25) is 0 Å². The third-order valence-electron chi connectivity index (χ3n) is 5.23. The average molecular weight is 555 g/mol. The number of nitrogens with one attached hydrogen (secondary N) is 2. The van der Waals surface area contributed by atoms with Crippen LogP contribution in [0.5, 0.6) is 11.5 Å². The van der Waals surface area contributed by atoms with Gasteiger partial charge in [0.25, 0.3) is 15.9 Å². The van der Waals surface area contributed by atoms with E-state index < -0.39 is 10.0 Å². The molecule has 0 aliphatic carbocycles. The van der Waals surface area contributed by atoms with Gasteiger partial charge in [0.2, 0.25) is 0 Å². The molecule has 2 N–H and O–H groups in total. The molecule has 0 aliphatic heterocycles. The van der Waals surface area contributed by atoms with Crippen molar-refractivity contribution >= 4 is 54.0 Å². The number of carbonyl (C=O) groups is 1. The molecule has 0 saturated carbocycles. The Balaban J connectivity index is 1.63. The lowest BCUT2D eigenvalue weighted by Gasteiger charge is -2.15. The zero-order valence-corrected chi connectivity index (χ0v) is 21.4. The maximum absolute atomic E-state index is 13.2. The number of carbonyl (C=O) groups excluding carboxylic acids is 1. The molecule has 9 heteroatoms. The quantitative estimate of drug-likeness (QED) is 0.276. The smallest absolute Gasteiger partial charge is 0.265 e. The molecule has 7 nitrogen and oxygen atoms in total. The Morgan fingerprint density at radius 3 is 2.37 bits per heavy atom. The van der Waals surface area contributed by atoms with E-state index in [1.165, 1.54) is 19.2 Å². The Morgan fingerprint density at radius 2 is 1.63 bits per heavy atom. The number of hydrogen-bond acceptors (Lipinski definition) is 5. The molecule has 1 amide bonds. The Bertz CT molecular complexity index is 1500. The van der Waals surface area contributed by atoms with Crippen molar-refractivity contribution in [2.24, 2.45) is 0 Å². The Kier molecular flexibility index (Phi) is 7.28. The van der Waals surface area contributed by atoms with Crippen LogP contribution in [0, 0.1) is 0 Å². The molecule has 0 aliphatic rings. The molecule has 180 valence electrons. The summed E-state index contributed by atoms with van der Waals surface area (Å²) in [6.07, 6.45) is 0. The van der Waals surface area contributed by atoms with Gasteiger partial charge >= 0.3 is 0 Å². The Hall–Kier alpha value is -3.56. The minimum absolute atomic E-state index is 0.110. The molecule has 0 unspecified atom stereocenters. The van der Waals surface area contributed by atoms with Crippen molar-refractivity contribution in [2.45, 2.75) is 11.8 Å². The molecule has 35 heavy (non-hydrogen) atoms. The van der Waals surface area contributed by atoms with Crippen molar-refractivity contribution < 1.29 is 22.7 Å². The number of anilines is 2. The highest BCUT2D eigenvalue weighted by molar-refractivity contribution is 9.10. The van der Waals surface area contributed by atoms with Crippen molar-refractivity contribution in [3.05, 3.63) is 88.9 Å². The molecule has 0 fully saturated rings. The first-order valence-corrected chi connectivity index (χ1v) is 13.0. The van der Waals surface area contributed by atoms with E-state index in [1.807, 2.05) is 37.3 Å². The molecule has 0 heterocycles. The third kappa shape index (κ3) is 5.41. The van der Waals surface area contributed by atoms with Crippen LogP contribution in [-0.4, -0.2) is 28.0 Å². The number of halogens is 1. The first-order valence-electron chi connectivity index (χ1n) is 10.7. The highest BCUT2D eigenvalue weighted by atomic mass is 79.9. The standard InChI is InChI=1S/C26H23BrN2O5S/c1-3-34-23-13-12-19(15-22(23)27)29-35(31,32)25-16-18(11-14-24(25)33-2)28-26(30)21-10-6-8-17-7-4-5-9-20(17)21/h4-16,29H,3H2,1-2H3,(H,28,30). The van der Waals surface area contributed by atoms with Crippen LogP contribution < -0.4 is 19.5 Å². The third-order valence-corrected chi connectivity index (χ3v) is 7.25. The largest absolute Gasteiger partial charge is 0.495 e. The van der Waals surface area contributed by atoms with Crippen LogP contribution in [0.15, 0.2) is 88.2 Å². The fourth-order valence-corrected chi connectivity index (χ4v) is 5.37. The van der Waals surface area contributed by atoms with Crippen LogP contribution in [-0.2, 0) is 10.0 Å². The van der Waals surface area contributed by atoms with E-state index in [0.29, 0.717) is 33.8 Å². The number of hydrogen-bond donors (Lipinski definition) is 2. The van der Waals surface area contributed by atoms with E-state index in [1.54, 1.807) is 36.4 Å². The van der Waals surface area contributed by atoms with E-state index in [0.717, 1.165) is 10.8 Å². The predicted molar refractivity (Wildman–Crippen MR) is 141 cm³/mol. The second-order valence-electron chi connectivity index (χ2n) is 7.53. The van der Waals surface area contributed by atoms with Crippen LogP contribution >= 0.6 is 15.9 Å². The van der Waals surface area contributed by atoms with Crippen molar-refractivity contribution in [2.75, 3.05) is 23.8 Å². The summed E-state index contributed by atoms with van der Waals surface area (Å²) in [6, 6.07) is 22.4. The van der Waals surface area contributed by atoms with Gasteiger partial charge in [-0.25, -0.2) is 8.42 Å². The van der Waals surface area contributed by atoms with Gasteiger partial charge < -0.3 is 14.8 Å². The predicted octanol–water partition coefficient (Wildman–Crippen LogP) is 6.06. The number of fused-ring (bicyclic) bond motifs is 1. The van der Waals surface area contributed by atoms with Gasteiger partial charge in [-0.3, -0.25) is 9.52 Å². The first kappa shape index (κ1) is 24.6. The lowest BCUT2D eigenvalue weighted by Crippen LogP contribution is -2.16. The van der Waals surface area contributed by atoms with Gasteiger partial charge in [-0.05, 0) is 76.1 Å². The minimum Gasteiger partial charge on any atom is -0.495 e. The second kappa shape index (κ2) is 10.4. The minimum atomic E-state index is -4.04. The van der Waals surface area contributed by atoms with E-state index in [9.17, 15) is 13.2 Å². The Morgan fingerprint density at radius 1 is 0.914 bits per heavy atom. The topological polar surface area (TPSA) is 93.7 Å². The summed E-state index contributed by atoms with van der Waals surface area (Å²) < 4.78 is 40.4. The van der Waals surface area contributed by atoms with E-state index in [-0.39, 0.29) is 16.6 Å². The van der Waals surface area contributed by atoms with Gasteiger partial charge in [0.15, 0.2) is 0 Å². The summed E-state index contributed by atoms with van der Waals surface area (Å²) in [5.41, 5.74) is 1.14. The van der Waals surface area contributed by atoms with E-state index in [4.69, 9.17) is 9.47 Å². The SMILES string of the molecule is CCOc1ccc(NS(=O)(=O)c2cc(NC(=O)c3cccc4ccccc34)ccc2OC)cc1Br. The molecule has 0 aromatic heterocycles. The summed E-state index contributed by atoms with van der Waals surface area (Å²) in [6.45, 7) is 2.35. The number of benzene rings is 4. The monoisotopic (exact) mass is 554 g/mol. The second-order valence-corrected chi connectivity index (χ2v) is 10.0. The number of sulfonamides is 1. The molecule has 4 aromatic carbocycles. The molecule has 0 atom stereocenters. The molecule has 0 spiro atoms. The van der Waals surface area contributed by atoms with Gasteiger partial charge in [0.05, 0.1) is 23.9 Å². The number of rotatable bonds is 8. The normalized spacial score (nSPS) is 11.2. The van der Waals surface area contributed by atoms with Crippen molar-refractivity contribution in [3.8, 4) is 11.5 Å². The number of amides is 1. The summed E-state index contributed by atoms with van der Waals surface area (Å²) in [5, 5.41) is 4.53. The van der Waals surface area contributed by atoms with Gasteiger partial charge in [0, 0.05) is 11.3 Å². The van der Waals surface area contributed by atoms with Gasteiger partial charge in [0.1, 0.15) is 16.4 Å². The summed E-state index contributed by atoms with van der Waals surface area (Å²) >= 11 is 3.39. The van der Waals surface area contributed by atoms with Crippen LogP contribution in [0.4, 0.5) is 11.4 Å². The summed E-state index contributed by atoms with van der Waals surface area (Å²) in [4.78, 5) is 12.9. The van der Waals surface area contributed by atoms with E-state index >= 15 is 0 Å². The lowest BCUT2D eigenvalue weighted by molar-refractivity contribution is 0.102. The highest BCUT2D eigenvalue weighted by Gasteiger charge is 2.22. The molecule has 0 saturated heterocycles. The van der Waals surface area contributed by atoms with Gasteiger partial charge in [-0.15, -0.1) is 0 Å². The lowest BCUT2D eigenvalue weighted by atomic mass is 10.0. The molecule has 0 bridgehead atoms. The van der Waals surface area contributed by atoms with E-state index in [2.05, 4.69) is 26.0 Å². The average Bonchev–Trinajstić information content (AvgIpc) is 2.85. The van der Waals surface area contributed by atoms with Gasteiger partial charge in [-0.1, -0.05) is 36.4 Å². The zero-order valence-electron chi connectivity index (χ0n) is 19.0. The van der Waals surface area contributed by atoms with Crippen LogP contribution in [0.25, 0.3) is 10.8 Å². The van der Waals surface area contributed by atoms with Gasteiger partial charge in [-0.2, -0.15) is 0 Å². The summed E-state index contributed by atoms with van der Waals surface area (Å²) in [7, 11) is -2.66. The number of methoxy groups -OCH3 is 1. The maximum Gasteiger partial charge on any atom is 0.265 e. The van der Waals surface area contributed by atoms with Crippen LogP contribution in [0.3, 0.4) is 0 Å². The molecular formula is C26H23BrN2O5S. The first-order chi connectivity index (χ1) is 16.8. The summed E-state index contributed by atoms with van der Waals surface area (Å²) in [5.74, 6) is 0.399. The molecule has 0 radical (unpaired) electrons. The van der Waals surface area contributed by atoms with Crippen molar-refractivity contribution in [1.82, 2.24) is 0 Å². The number of ether oxygens (including phenoxy) is 2. The molecule has 4 aromatic rings. The zero-order chi connectivity index (χ0) is 25.0. The van der Waals surface area contributed by atoms with Crippen molar-refractivity contribution in [1.29, 1.82) is 0 Å². The van der Waals surface area contributed by atoms with Crippen LogP contribution in [0.1, 0.15) is 17.3 Å². The highest BCUT2D eigenvalue weighted by Crippen LogP contribution is 2.32. The molecule has 4 rings (SSSR count). The molecular weight excluding hydrogens is 532 g/mol. The Labute approximate surface area is 212 Å². The maximum atomic E-state index is 13.2. The van der Waals surface area contributed by atoms with Crippen molar-refractivity contribution in [3.63, 3.8) is 0 Å².